The molecule has 0 aliphatic rings. The third kappa shape index (κ3) is 9.07. The predicted molar refractivity (Wildman–Crippen MR) is 62.5 cm³/mol. The Morgan fingerprint density at radius 3 is 2.32 bits per heavy atom. The van der Waals surface area contributed by atoms with E-state index >= 15 is 0 Å². The average molecular weight is 292 g/mol. The number of hydrogen-bond donors (Lipinski definition) is 0. The normalized spacial score (nSPS) is 9.63. The van der Waals surface area contributed by atoms with Crippen molar-refractivity contribution in [3.63, 3.8) is 0 Å². The van der Waals surface area contributed by atoms with E-state index in [2.05, 4.69) is 6.26 Å². The number of hydrogen-bond acceptors (Lipinski definition) is 6. The van der Waals surface area contributed by atoms with Crippen LogP contribution in [0.25, 0.3) is 0 Å². The fraction of sp³-hybridized carbons (Fsp3) is 0.333. The summed E-state index contributed by atoms with van der Waals surface area (Å²) >= 11 is 0. The van der Waals surface area contributed by atoms with Crippen LogP contribution in [0.1, 0.15) is 23.7 Å². The standard InChI is InChI=1S/C12H13O2.Na.O3S/c1-10-7-8-12(14-10)5-2-4-11-6-3-9-13-11;;1-4(2)3/h3,6-8H,2,4-5H2,1H3;;/q-1;+1;-2. The molecule has 2 heterocycles. The summed E-state index contributed by atoms with van der Waals surface area (Å²) in [5, 5.41) is 0. The zero-order chi connectivity index (χ0) is 13.4. The first-order chi connectivity index (χ1) is 8.58. The molecule has 100 valence electrons. The molecular weight excluding hydrogens is 279 g/mol. The molecular formula is C12H13NaO5S-2. The monoisotopic (exact) mass is 292 g/mol. The molecule has 0 bridgehead atoms. The van der Waals surface area contributed by atoms with Crippen molar-refractivity contribution in [2.75, 3.05) is 0 Å². The van der Waals surface area contributed by atoms with Crippen LogP contribution in [0.3, 0.4) is 0 Å². The minimum atomic E-state index is -3.11. The van der Waals surface area contributed by atoms with E-state index in [-0.39, 0.29) is 29.6 Å². The minimum absolute atomic E-state index is 0. The van der Waals surface area contributed by atoms with Crippen molar-refractivity contribution in [3.05, 3.63) is 47.8 Å². The van der Waals surface area contributed by atoms with E-state index in [4.69, 9.17) is 21.8 Å². The maximum Gasteiger partial charge on any atom is 1.00 e. The molecule has 0 radical (unpaired) electrons. The van der Waals surface area contributed by atoms with Gasteiger partial charge in [-0.1, -0.05) is 18.6 Å². The maximum atomic E-state index is 8.44. The first-order valence-electron chi connectivity index (χ1n) is 5.34. The summed E-state index contributed by atoms with van der Waals surface area (Å²) in [7, 11) is -3.11. The second-order valence-corrected chi connectivity index (χ2v) is 4.00. The molecule has 0 atom stereocenters. The van der Waals surface area contributed by atoms with Gasteiger partial charge in [-0.25, -0.2) is 0 Å². The summed E-state index contributed by atoms with van der Waals surface area (Å²) in [6.07, 6.45) is 5.65. The Morgan fingerprint density at radius 2 is 1.84 bits per heavy atom. The summed E-state index contributed by atoms with van der Waals surface area (Å²) in [5.74, 6) is 3.03. The SMILES string of the molecule is Cc1ccc(CCCc2cc[c-]o2)o1.O=[S-](=O)[O-].[Na+]. The van der Waals surface area contributed by atoms with Gasteiger partial charge in [0.15, 0.2) is 0 Å². The van der Waals surface area contributed by atoms with Crippen LogP contribution in [-0.4, -0.2) is 4.55 Å². The topological polar surface area (TPSA) is 83.5 Å². The van der Waals surface area contributed by atoms with Crippen molar-refractivity contribution in [2.24, 2.45) is 0 Å². The van der Waals surface area contributed by atoms with Crippen molar-refractivity contribution in [2.45, 2.75) is 26.2 Å². The maximum absolute atomic E-state index is 8.44. The van der Waals surface area contributed by atoms with Gasteiger partial charge in [0.2, 0.25) is 0 Å². The smallest absolute Gasteiger partial charge is 0.917 e. The molecule has 0 N–H and O–H groups in total. The summed E-state index contributed by atoms with van der Waals surface area (Å²) < 4.78 is 35.9. The molecule has 7 heteroatoms. The van der Waals surface area contributed by atoms with E-state index in [1.165, 1.54) is 0 Å². The molecule has 2 rings (SSSR count). The molecule has 2 aromatic rings. The molecule has 0 amide bonds. The first-order valence-corrected chi connectivity index (χ1v) is 6.34. The van der Waals surface area contributed by atoms with E-state index in [0.29, 0.717) is 0 Å². The minimum Gasteiger partial charge on any atom is -0.917 e. The van der Waals surface area contributed by atoms with Gasteiger partial charge in [0.05, 0.1) is 0 Å². The van der Waals surface area contributed by atoms with Crippen LogP contribution in [-0.2, 0) is 32.2 Å². The van der Waals surface area contributed by atoms with Gasteiger partial charge < -0.3 is 21.8 Å². The number of furan rings is 2. The van der Waals surface area contributed by atoms with E-state index in [0.717, 1.165) is 36.5 Å². The van der Waals surface area contributed by atoms with Gasteiger partial charge in [-0.2, -0.15) is 17.1 Å². The van der Waals surface area contributed by atoms with Crippen LogP contribution in [0.4, 0.5) is 0 Å². The molecule has 0 aromatic carbocycles. The molecule has 0 unspecified atom stereocenters. The van der Waals surface area contributed by atoms with Crippen molar-refractivity contribution in [1.29, 1.82) is 0 Å². The van der Waals surface area contributed by atoms with E-state index in [1.54, 1.807) is 6.07 Å². The van der Waals surface area contributed by atoms with Crippen LogP contribution in [0.15, 0.2) is 33.1 Å². The Kier molecular flexibility index (Phi) is 9.99. The molecule has 0 fully saturated rings. The number of aryl methyl sites for hydroxylation is 3. The summed E-state index contributed by atoms with van der Waals surface area (Å²) in [6.45, 7) is 1.96. The molecule has 0 spiro atoms. The van der Waals surface area contributed by atoms with Crippen LogP contribution >= 0.6 is 0 Å². The molecule has 0 aliphatic carbocycles. The average Bonchev–Trinajstić information content (AvgIpc) is 2.89. The Labute approximate surface area is 136 Å². The Balaban J connectivity index is 0.000000576. The van der Waals surface area contributed by atoms with Crippen LogP contribution < -0.4 is 29.6 Å². The fourth-order valence-corrected chi connectivity index (χ4v) is 1.46. The molecule has 5 nitrogen and oxygen atoms in total. The Hall–Kier alpha value is -0.530. The van der Waals surface area contributed by atoms with Gasteiger partial charge in [0.25, 0.3) is 0 Å². The Morgan fingerprint density at radius 1 is 1.21 bits per heavy atom. The van der Waals surface area contributed by atoms with E-state index in [9.17, 15) is 0 Å². The van der Waals surface area contributed by atoms with Gasteiger partial charge >= 0.3 is 29.6 Å². The Bertz CT molecular complexity index is 508. The van der Waals surface area contributed by atoms with Gasteiger partial charge in [-0.3, -0.25) is 0 Å². The van der Waals surface area contributed by atoms with Crippen molar-refractivity contribution in [3.8, 4) is 0 Å². The second kappa shape index (κ2) is 10.3. The van der Waals surface area contributed by atoms with Crippen LogP contribution in [0, 0.1) is 13.2 Å². The zero-order valence-corrected chi connectivity index (χ0v) is 13.7. The summed E-state index contributed by atoms with van der Waals surface area (Å²) in [4.78, 5) is 0. The first kappa shape index (κ1) is 18.5. The molecule has 0 saturated heterocycles. The van der Waals surface area contributed by atoms with Crippen molar-refractivity contribution < 1.29 is 51.4 Å². The third-order valence-electron chi connectivity index (χ3n) is 2.17. The summed E-state index contributed by atoms with van der Waals surface area (Å²) in [6, 6.07) is 7.78. The number of rotatable bonds is 4. The fourth-order valence-electron chi connectivity index (χ4n) is 1.46. The zero-order valence-electron chi connectivity index (χ0n) is 10.9. The third-order valence-corrected chi connectivity index (χ3v) is 2.17. The summed E-state index contributed by atoms with van der Waals surface area (Å²) in [5.41, 5.74) is 0. The van der Waals surface area contributed by atoms with Gasteiger partial charge in [0.1, 0.15) is 11.5 Å². The largest absolute Gasteiger partial charge is 1.00 e. The van der Waals surface area contributed by atoms with Gasteiger partial charge in [-0.15, -0.1) is 6.07 Å². The van der Waals surface area contributed by atoms with Crippen LogP contribution in [0.5, 0.6) is 0 Å². The van der Waals surface area contributed by atoms with Gasteiger partial charge in [-0.05, 0) is 25.3 Å². The molecule has 0 saturated carbocycles. The van der Waals surface area contributed by atoms with E-state index in [1.807, 2.05) is 25.1 Å². The van der Waals surface area contributed by atoms with Crippen LogP contribution in [0.2, 0.25) is 0 Å². The van der Waals surface area contributed by atoms with Gasteiger partial charge in [0, 0.05) is 6.42 Å². The molecule has 19 heavy (non-hydrogen) atoms. The predicted octanol–water partition coefficient (Wildman–Crippen LogP) is -0.413. The van der Waals surface area contributed by atoms with E-state index < -0.39 is 11.0 Å². The molecule has 0 aliphatic heterocycles. The van der Waals surface area contributed by atoms with Crippen molar-refractivity contribution in [1.82, 2.24) is 0 Å². The second-order valence-electron chi connectivity index (χ2n) is 3.59. The molecule has 2 aromatic heterocycles. The quantitative estimate of drug-likeness (QED) is 0.251. The van der Waals surface area contributed by atoms with Crippen molar-refractivity contribution >= 4 is 11.0 Å².